The molecule has 134 valence electrons. The molecule has 0 aliphatic rings. The van der Waals surface area contributed by atoms with Crippen molar-refractivity contribution in [2.75, 3.05) is 14.2 Å². The highest BCUT2D eigenvalue weighted by atomic mass is 35.5. The van der Waals surface area contributed by atoms with Gasteiger partial charge in [-0.25, -0.2) is 0 Å². The van der Waals surface area contributed by atoms with Crippen LogP contribution < -0.4 is 9.47 Å². The predicted octanol–water partition coefficient (Wildman–Crippen LogP) is 5.90. The number of benzene rings is 2. The first-order valence-electron chi connectivity index (χ1n) is 8.08. The normalized spacial score (nSPS) is 10.7. The van der Waals surface area contributed by atoms with Crippen LogP contribution in [0.5, 0.6) is 11.5 Å². The summed E-state index contributed by atoms with van der Waals surface area (Å²) in [6.07, 6.45) is 1.48. The Morgan fingerprint density at radius 3 is 2.41 bits per heavy atom. The Bertz CT molecular complexity index is 1170. The molecule has 0 bridgehead atoms. The Balaban J connectivity index is 2.07. The quantitative estimate of drug-likeness (QED) is 0.441. The second-order valence-electron chi connectivity index (χ2n) is 5.80. The Hall–Kier alpha value is -3.36. The lowest BCUT2D eigenvalue weighted by molar-refractivity contribution is 0.415. The minimum Gasteiger partial charge on any atom is -0.497 e. The van der Waals surface area contributed by atoms with Gasteiger partial charge in [0, 0.05) is 28.1 Å². The molecule has 4 rings (SSSR count). The van der Waals surface area contributed by atoms with Crippen LogP contribution >= 0.6 is 11.6 Å². The first-order chi connectivity index (χ1) is 13.2. The van der Waals surface area contributed by atoms with Gasteiger partial charge in [0.2, 0.25) is 5.76 Å². The zero-order valence-electron chi connectivity index (χ0n) is 14.6. The van der Waals surface area contributed by atoms with E-state index in [1.165, 1.54) is 6.26 Å². The maximum Gasteiger partial charge on any atom is 0.211 e. The Morgan fingerprint density at radius 1 is 1.00 bits per heavy atom. The molecule has 0 saturated carbocycles. The first-order valence-corrected chi connectivity index (χ1v) is 8.46. The van der Waals surface area contributed by atoms with Gasteiger partial charge in [-0.2, -0.15) is 5.26 Å². The number of fused-ring (bicyclic) bond motifs is 1. The number of halogens is 1. The van der Waals surface area contributed by atoms with Crippen LogP contribution in [0.3, 0.4) is 0 Å². The molecule has 27 heavy (non-hydrogen) atoms. The summed E-state index contributed by atoms with van der Waals surface area (Å²) in [5.41, 5.74) is 2.69. The van der Waals surface area contributed by atoms with Crippen molar-refractivity contribution >= 4 is 22.6 Å². The summed E-state index contributed by atoms with van der Waals surface area (Å²) in [5.74, 6) is 2.11. The topological polar surface area (TPSA) is 68.5 Å². The molecule has 2 aromatic carbocycles. The molecule has 0 unspecified atom stereocenters. The Kier molecular flexibility index (Phi) is 4.27. The maximum absolute atomic E-state index is 9.42. The van der Waals surface area contributed by atoms with Crippen LogP contribution in [0.2, 0.25) is 5.02 Å². The minimum atomic E-state index is 0.200. The van der Waals surface area contributed by atoms with Gasteiger partial charge in [0.25, 0.3) is 0 Å². The van der Waals surface area contributed by atoms with E-state index in [2.05, 4.69) is 6.07 Å². The molecule has 4 aromatic rings. The summed E-state index contributed by atoms with van der Waals surface area (Å²) in [4.78, 5) is 0. The number of ether oxygens (including phenoxy) is 2. The van der Waals surface area contributed by atoms with Gasteiger partial charge in [-0.3, -0.25) is 0 Å². The van der Waals surface area contributed by atoms with E-state index in [9.17, 15) is 5.26 Å². The molecule has 0 aliphatic heterocycles. The molecule has 0 saturated heterocycles. The van der Waals surface area contributed by atoms with Gasteiger partial charge in [-0.05, 0) is 36.4 Å². The summed E-state index contributed by atoms with van der Waals surface area (Å²) in [6.45, 7) is 0. The van der Waals surface area contributed by atoms with Gasteiger partial charge in [0.05, 0.1) is 25.5 Å². The second kappa shape index (κ2) is 6.75. The fourth-order valence-corrected chi connectivity index (χ4v) is 3.30. The average Bonchev–Trinajstić information content (AvgIpc) is 3.31. The molecule has 0 fully saturated rings. The Morgan fingerprint density at radius 2 is 1.74 bits per heavy atom. The molecular weight excluding hydrogens is 366 g/mol. The third-order valence-electron chi connectivity index (χ3n) is 4.34. The smallest absolute Gasteiger partial charge is 0.211 e. The minimum absolute atomic E-state index is 0.200. The van der Waals surface area contributed by atoms with Crippen molar-refractivity contribution in [1.82, 2.24) is 0 Å². The van der Waals surface area contributed by atoms with E-state index in [0.29, 0.717) is 27.7 Å². The number of hydrogen-bond acceptors (Lipinski definition) is 5. The van der Waals surface area contributed by atoms with E-state index < -0.39 is 0 Å². The largest absolute Gasteiger partial charge is 0.497 e. The third kappa shape index (κ3) is 2.80. The summed E-state index contributed by atoms with van der Waals surface area (Å²) >= 11 is 6.41. The van der Waals surface area contributed by atoms with Crippen LogP contribution in [0.1, 0.15) is 5.76 Å². The molecule has 5 nitrogen and oxygen atoms in total. The van der Waals surface area contributed by atoms with Crippen molar-refractivity contribution in [2.45, 2.75) is 0 Å². The number of nitrogens with zero attached hydrogens (tertiary/aromatic N) is 1. The van der Waals surface area contributed by atoms with Gasteiger partial charge >= 0.3 is 0 Å². The van der Waals surface area contributed by atoms with Gasteiger partial charge in [-0.1, -0.05) is 11.6 Å². The number of hydrogen-bond donors (Lipinski definition) is 0. The molecular formula is C21H14ClNO4. The molecule has 0 N–H and O–H groups in total. The molecule has 2 heterocycles. The molecule has 0 spiro atoms. The molecule has 0 radical (unpaired) electrons. The monoisotopic (exact) mass is 379 g/mol. The van der Waals surface area contributed by atoms with E-state index in [1.54, 1.807) is 26.4 Å². The highest BCUT2D eigenvalue weighted by Gasteiger charge is 2.23. The molecule has 2 aromatic heterocycles. The first kappa shape index (κ1) is 17.1. The number of methoxy groups -OCH3 is 2. The lowest BCUT2D eigenvalue weighted by Gasteiger charge is -2.04. The average molecular weight is 380 g/mol. The van der Waals surface area contributed by atoms with Crippen LogP contribution in [0.15, 0.2) is 57.6 Å². The van der Waals surface area contributed by atoms with Gasteiger partial charge in [0.15, 0.2) is 5.58 Å². The third-order valence-corrected chi connectivity index (χ3v) is 4.62. The fraction of sp³-hybridized carbons (Fsp3) is 0.0952. The SMILES string of the molecule is COc1ccc(-c2oc3c(Cl)cc(OC)cc3c2-c2ccoc2C#N)cc1. The zero-order valence-corrected chi connectivity index (χ0v) is 15.3. The number of rotatable bonds is 4. The fourth-order valence-electron chi connectivity index (χ4n) is 3.06. The summed E-state index contributed by atoms with van der Waals surface area (Å²) in [6, 6.07) is 14.8. The van der Waals surface area contributed by atoms with E-state index in [1.807, 2.05) is 30.3 Å². The van der Waals surface area contributed by atoms with E-state index in [0.717, 1.165) is 22.3 Å². The summed E-state index contributed by atoms with van der Waals surface area (Å²) in [7, 11) is 3.18. The van der Waals surface area contributed by atoms with Crippen LogP contribution in [0.25, 0.3) is 33.4 Å². The highest BCUT2D eigenvalue weighted by Crippen LogP contribution is 2.45. The van der Waals surface area contributed by atoms with Crippen LogP contribution in [0, 0.1) is 11.3 Å². The van der Waals surface area contributed by atoms with Crippen LogP contribution in [0.4, 0.5) is 0 Å². The van der Waals surface area contributed by atoms with E-state index in [-0.39, 0.29) is 5.76 Å². The highest BCUT2D eigenvalue weighted by molar-refractivity contribution is 6.35. The van der Waals surface area contributed by atoms with Gasteiger partial charge in [-0.15, -0.1) is 0 Å². The lowest BCUT2D eigenvalue weighted by atomic mass is 9.99. The molecule has 0 atom stereocenters. The lowest BCUT2D eigenvalue weighted by Crippen LogP contribution is -1.85. The second-order valence-corrected chi connectivity index (χ2v) is 6.20. The van der Waals surface area contributed by atoms with Crippen molar-refractivity contribution in [3.8, 4) is 40.0 Å². The Labute approximate surface area is 160 Å². The number of nitriles is 1. The van der Waals surface area contributed by atoms with Crippen LogP contribution in [-0.4, -0.2) is 14.2 Å². The summed E-state index contributed by atoms with van der Waals surface area (Å²) in [5, 5.41) is 10.6. The van der Waals surface area contributed by atoms with Crippen molar-refractivity contribution in [1.29, 1.82) is 5.26 Å². The molecule has 0 aliphatic carbocycles. The van der Waals surface area contributed by atoms with Crippen molar-refractivity contribution < 1.29 is 18.3 Å². The van der Waals surface area contributed by atoms with E-state index >= 15 is 0 Å². The number of furan rings is 2. The van der Waals surface area contributed by atoms with Crippen molar-refractivity contribution in [3.63, 3.8) is 0 Å². The standard InChI is InChI=1S/C21H14ClNO4/c1-24-13-5-3-12(4-6-13)20-19(15-7-8-26-18(15)11-23)16-9-14(25-2)10-17(22)21(16)27-20/h3-10H,1-2H3. The molecule has 0 amide bonds. The summed E-state index contributed by atoms with van der Waals surface area (Å²) < 4.78 is 22.0. The van der Waals surface area contributed by atoms with Crippen molar-refractivity contribution in [2.24, 2.45) is 0 Å². The van der Waals surface area contributed by atoms with Gasteiger partial charge in [0.1, 0.15) is 23.3 Å². The van der Waals surface area contributed by atoms with Crippen molar-refractivity contribution in [3.05, 3.63) is 59.5 Å². The van der Waals surface area contributed by atoms with Crippen LogP contribution in [-0.2, 0) is 0 Å². The van der Waals surface area contributed by atoms with Gasteiger partial charge < -0.3 is 18.3 Å². The predicted molar refractivity (Wildman–Crippen MR) is 102 cm³/mol. The maximum atomic E-state index is 9.42. The molecule has 6 heteroatoms. The zero-order chi connectivity index (χ0) is 19.0. The van der Waals surface area contributed by atoms with E-state index in [4.69, 9.17) is 29.9 Å².